The lowest BCUT2D eigenvalue weighted by molar-refractivity contribution is -0.110. The van der Waals surface area contributed by atoms with Gasteiger partial charge in [-0.3, -0.25) is 14.5 Å². The summed E-state index contributed by atoms with van der Waals surface area (Å²) in [5.74, 6) is -0.288. The Labute approximate surface area is 172 Å². The second kappa shape index (κ2) is 6.98. The molecule has 7 nitrogen and oxygen atoms in total. The Hall–Kier alpha value is -3.68. The van der Waals surface area contributed by atoms with Gasteiger partial charge in [-0.15, -0.1) is 0 Å². The van der Waals surface area contributed by atoms with Gasteiger partial charge in [0.1, 0.15) is 11.6 Å². The van der Waals surface area contributed by atoms with Crippen molar-refractivity contribution in [2.45, 2.75) is 25.8 Å². The Morgan fingerprint density at radius 1 is 1.33 bits per heavy atom. The first kappa shape index (κ1) is 18.4. The van der Waals surface area contributed by atoms with Crippen LogP contribution in [0, 0.1) is 5.82 Å². The van der Waals surface area contributed by atoms with Crippen LogP contribution >= 0.6 is 0 Å². The van der Waals surface area contributed by atoms with Gasteiger partial charge < -0.3 is 15.4 Å². The van der Waals surface area contributed by atoms with E-state index < -0.39 is 5.82 Å². The third-order valence-electron chi connectivity index (χ3n) is 5.33. The molecule has 0 atom stereocenters. The molecule has 1 aliphatic heterocycles. The monoisotopic (exact) mass is 405 g/mol. The molecule has 1 fully saturated rings. The average molecular weight is 405 g/mol. The first-order chi connectivity index (χ1) is 14.5. The molecular weight excluding hydrogens is 385 g/mol. The molecule has 1 aromatic carbocycles. The Balaban J connectivity index is 1.54. The highest BCUT2D eigenvalue weighted by Crippen LogP contribution is 2.39. The molecule has 1 aliphatic carbocycles. The molecular formula is C22H20FN5O2. The normalized spacial score (nSPS) is 16.8. The number of hydrogen-bond donors (Lipinski definition) is 2. The predicted molar refractivity (Wildman–Crippen MR) is 112 cm³/mol. The summed E-state index contributed by atoms with van der Waals surface area (Å²) in [4.78, 5) is 17.0. The number of methoxy groups -OCH3 is 1. The molecule has 5 rings (SSSR count). The number of nitrogens with zero attached hydrogens (tertiary/aromatic N) is 3. The quantitative estimate of drug-likeness (QED) is 0.621. The van der Waals surface area contributed by atoms with E-state index in [1.165, 1.54) is 13.2 Å². The van der Waals surface area contributed by atoms with Gasteiger partial charge in [-0.2, -0.15) is 5.10 Å². The highest BCUT2D eigenvalue weighted by Gasteiger charge is 2.29. The fourth-order valence-corrected chi connectivity index (χ4v) is 3.72. The standard InChI is InChI=1S/C22H20FN5O2/c1-12(26-13-9-25-28(11-13)14-6-7-14)20-15-8-17(24-10-18(15)27-22(20)29)21-16(23)4-3-5-19(21)30-2/h3-5,8-11,14,26H,6-7H2,1-2H3,(H,27,29)/b20-12-. The summed E-state index contributed by atoms with van der Waals surface area (Å²) in [6.07, 6.45) is 7.52. The van der Waals surface area contributed by atoms with Crippen molar-refractivity contribution in [1.29, 1.82) is 0 Å². The SMILES string of the molecule is COc1cccc(F)c1-c1cc2c(cn1)NC(=O)/C2=C(/C)Nc1cnn(C2CC2)c1. The van der Waals surface area contributed by atoms with Gasteiger partial charge in [0.05, 0.1) is 53.8 Å². The number of hydrogen-bond acceptors (Lipinski definition) is 5. The van der Waals surface area contributed by atoms with E-state index in [1.807, 2.05) is 17.8 Å². The number of nitrogens with one attached hydrogen (secondary N) is 2. The summed E-state index contributed by atoms with van der Waals surface area (Å²) >= 11 is 0. The van der Waals surface area contributed by atoms with E-state index in [-0.39, 0.29) is 11.5 Å². The highest BCUT2D eigenvalue weighted by molar-refractivity contribution is 6.32. The third kappa shape index (κ3) is 3.10. The minimum atomic E-state index is -0.438. The molecule has 0 radical (unpaired) electrons. The van der Waals surface area contributed by atoms with E-state index in [0.717, 1.165) is 18.5 Å². The fraction of sp³-hybridized carbons (Fsp3) is 0.227. The van der Waals surface area contributed by atoms with E-state index in [2.05, 4.69) is 20.7 Å². The van der Waals surface area contributed by atoms with Crippen molar-refractivity contribution in [3.8, 4) is 17.0 Å². The van der Waals surface area contributed by atoms with Crippen LogP contribution in [0.1, 0.15) is 31.4 Å². The van der Waals surface area contributed by atoms with Gasteiger partial charge in [0.15, 0.2) is 0 Å². The first-order valence-corrected chi connectivity index (χ1v) is 9.72. The first-order valence-electron chi connectivity index (χ1n) is 9.72. The van der Waals surface area contributed by atoms with Crippen LogP contribution in [0.5, 0.6) is 5.75 Å². The number of aromatic nitrogens is 3. The predicted octanol–water partition coefficient (Wildman–Crippen LogP) is 4.22. The summed E-state index contributed by atoms with van der Waals surface area (Å²) in [6, 6.07) is 6.81. The molecule has 0 saturated heterocycles. The molecule has 1 amide bonds. The van der Waals surface area contributed by atoms with Gasteiger partial charge in [0, 0.05) is 17.5 Å². The topological polar surface area (TPSA) is 81.1 Å². The maximum Gasteiger partial charge on any atom is 0.258 e. The van der Waals surface area contributed by atoms with Gasteiger partial charge >= 0.3 is 0 Å². The smallest absolute Gasteiger partial charge is 0.258 e. The number of carbonyl (C=O) groups excluding carboxylic acids is 1. The van der Waals surface area contributed by atoms with Crippen molar-refractivity contribution >= 4 is 22.9 Å². The number of benzene rings is 1. The number of ether oxygens (including phenoxy) is 1. The second-order valence-corrected chi connectivity index (χ2v) is 7.45. The van der Waals surface area contributed by atoms with E-state index in [9.17, 15) is 9.18 Å². The number of allylic oxidation sites excluding steroid dienone is 1. The highest BCUT2D eigenvalue weighted by atomic mass is 19.1. The Morgan fingerprint density at radius 3 is 2.93 bits per heavy atom. The lowest BCUT2D eigenvalue weighted by Gasteiger charge is -2.11. The number of anilines is 2. The maximum absolute atomic E-state index is 14.5. The molecule has 3 heterocycles. The van der Waals surface area contributed by atoms with Crippen molar-refractivity contribution in [2.75, 3.05) is 17.7 Å². The summed E-state index contributed by atoms with van der Waals surface area (Å²) in [7, 11) is 1.48. The molecule has 2 aromatic heterocycles. The van der Waals surface area contributed by atoms with Crippen LogP contribution in [-0.2, 0) is 4.79 Å². The van der Waals surface area contributed by atoms with Crippen LogP contribution in [0.4, 0.5) is 15.8 Å². The molecule has 1 saturated carbocycles. The van der Waals surface area contributed by atoms with Crippen LogP contribution in [0.15, 0.2) is 48.6 Å². The Bertz CT molecular complexity index is 1200. The lowest BCUT2D eigenvalue weighted by Crippen LogP contribution is -2.08. The summed E-state index contributed by atoms with van der Waals surface area (Å²) in [5, 5.41) is 10.5. The van der Waals surface area contributed by atoms with Crippen LogP contribution in [0.25, 0.3) is 16.8 Å². The number of rotatable bonds is 5. The molecule has 0 unspecified atom stereocenters. The van der Waals surface area contributed by atoms with Crippen LogP contribution in [0.3, 0.4) is 0 Å². The fourth-order valence-electron chi connectivity index (χ4n) is 3.72. The maximum atomic E-state index is 14.5. The van der Waals surface area contributed by atoms with Crippen molar-refractivity contribution in [1.82, 2.24) is 14.8 Å². The van der Waals surface area contributed by atoms with E-state index in [0.29, 0.717) is 40.0 Å². The van der Waals surface area contributed by atoms with Crippen molar-refractivity contribution in [2.24, 2.45) is 0 Å². The molecule has 0 spiro atoms. The number of fused-ring (bicyclic) bond motifs is 1. The zero-order valence-corrected chi connectivity index (χ0v) is 16.6. The van der Waals surface area contributed by atoms with Gasteiger partial charge in [-0.05, 0) is 38.0 Å². The number of pyridine rings is 1. The minimum Gasteiger partial charge on any atom is -0.496 e. The molecule has 2 aliphatic rings. The molecule has 30 heavy (non-hydrogen) atoms. The third-order valence-corrected chi connectivity index (χ3v) is 5.33. The van der Waals surface area contributed by atoms with Crippen molar-refractivity contribution in [3.63, 3.8) is 0 Å². The van der Waals surface area contributed by atoms with E-state index >= 15 is 0 Å². The number of amides is 1. The molecule has 2 N–H and O–H groups in total. The molecule has 152 valence electrons. The van der Waals surface area contributed by atoms with Gasteiger partial charge in [0.2, 0.25) is 0 Å². The average Bonchev–Trinajstić information content (AvgIpc) is 3.39. The minimum absolute atomic E-state index is 0.232. The van der Waals surface area contributed by atoms with Crippen molar-refractivity contribution in [3.05, 3.63) is 59.9 Å². The summed E-state index contributed by atoms with van der Waals surface area (Å²) in [6.45, 7) is 1.84. The molecule has 8 heteroatoms. The Kier molecular flexibility index (Phi) is 4.27. The van der Waals surface area contributed by atoms with Crippen molar-refractivity contribution < 1.29 is 13.9 Å². The molecule has 0 bridgehead atoms. The molecule has 3 aromatic rings. The second-order valence-electron chi connectivity index (χ2n) is 7.45. The van der Waals surface area contributed by atoms with Gasteiger partial charge in [-0.25, -0.2) is 4.39 Å². The largest absolute Gasteiger partial charge is 0.496 e. The van der Waals surface area contributed by atoms with Crippen LogP contribution < -0.4 is 15.4 Å². The van der Waals surface area contributed by atoms with Gasteiger partial charge in [-0.1, -0.05) is 6.07 Å². The van der Waals surface area contributed by atoms with E-state index in [1.54, 1.807) is 30.6 Å². The Morgan fingerprint density at radius 2 is 2.17 bits per heavy atom. The summed E-state index contributed by atoms with van der Waals surface area (Å²) < 4.78 is 21.8. The number of carbonyl (C=O) groups is 1. The van der Waals surface area contributed by atoms with Crippen LogP contribution in [0.2, 0.25) is 0 Å². The number of halogens is 1. The van der Waals surface area contributed by atoms with E-state index in [4.69, 9.17) is 4.74 Å². The zero-order chi connectivity index (χ0) is 20.8. The van der Waals surface area contributed by atoms with Gasteiger partial charge in [0.25, 0.3) is 5.91 Å². The zero-order valence-electron chi connectivity index (χ0n) is 16.6. The lowest BCUT2D eigenvalue weighted by atomic mass is 10.0. The van der Waals surface area contributed by atoms with Crippen LogP contribution in [-0.4, -0.2) is 27.8 Å². The summed E-state index contributed by atoms with van der Waals surface area (Å²) in [5.41, 5.74) is 3.89.